The maximum Gasteiger partial charge on any atom is 0.133 e. The van der Waals surface area contributed by atoms with Gasteiger partial charge in [0.1, 0.15) is 11.9 Å². The highest BCUT2D eigenvalue weighted by atomic mass is 32.2. The monoisotopic (exact) mass is 253 g/mol. The molecule has 1 atom stereocenters. The average molecular weight is 253 g/mol. The number of benzene rings is 1. The van der Waals surface area contributed by atoms with Crippen LogP contribution >= 0.6 is 11.8 Å². The van der Waals surface area contributed by atoms with E-state index >= 15 is 0 Å². The Morgan fingerprint density at radius 3 is 2.53 bits per heavy atom. The van der Waals surface area contributed by atoms with Gasteiger partial charge in [-0.25, -0.2) is 0 Å². The number of hydrogen-bond acceptors (Lipinski definition) is 3. The smallest absolute Gasteiger partial charge is 0.133 e. The van der Waals surface area contributed by atoms with E-state index in [1.54, 1.807) is 11.8 Å². The fourth-order valence-corrected chi connectivity index (χ4v) is 1.96. The van der Waals surface area contributed by atoms with E-state index in [0.29, 0.717) is 0 Å². The molecule has 0 spiro atoms. The molecule has 17 heavy (non-hydrogen) atoms. The molecule has 0 saturated heterocycles. The molecule has 0 aliphatic carbocycles. The summed E-state index contributed by atoms with van der Waals surface area (Å²) in [7, 11) is 0. The maximum atomic E-state index is 5.95. The number of hydrogen-bond donors (Lipinski definition) is 1. The molecule has 0 amide bonds. The highest BCUT2D eigenvalue weighted by Gasteiger charge is 2.12. The van der Waals surface area contributed by atoms with Gasteiger partial charge in [0, 0.05) is 17.0 Å². The summed E-state index contributed by atoms with van der Waals surface area (Å²) in [6.07, 6.45) is 2.24. The second kappa shape index (κ2) is 6.31. The van der Waals surface area contributed by atoms with E-state index in [-0.39, 0.29) is 11.6 Å². The minimum Gasteiger partial charge on any atom is -0.488 e. The lowest BCUT2D eigenvalue weighted by Crippen LogP contribution is -2.41. The first-order valence-electron chi connectivity index (χ1n) is 5.97. The normalized spacial score (nSPS) is 13.5. The van der Waals surface area contributed by atoms with Crippen LogP contribution in [0.4, 0.5) is 0 Å². The molecule has 0 fully saturated rings. The molecule has 1 aromatic carbocycles. The van der Waals surface area contributed by atoms with Crippen LogP contribution in [0.3, 0.4) is 0 Å². The van der Waals surface area contributed by atoms with Gasteiger partial charge in [0.2, 0.25) is 0 Å². The SMILES string of the molecule is CSc1ccccc1OC(C)CNC(C)(C)C. The fourth-order valence-electron chi connectivity index (χ4n) is 1.42. The van der Waals surface area contributed by atoms with Gasteiger partial charge in [-0.15, -0.1) is 11.8 Å². The Kier molecular flexibility index (Phi) is 5.34. The molecule has 0 aliphatic rings. The van der Waals surface area contributed by atoms with Crippen molar-refractivity contribution in [3.8, 4) is 5.75 Å². The molecule has 0 heterocycles. The molecule has 0 aliphatic heterocycles. The topological polar surface area (TPSA) is 21.3 Å². The van der Waals surface area contributed by atoms with Crippen LogP contribution in [0.1, 0.15) is 27.7 Å². The number of thioether (sulfide) groups is 1. The third-order valence-corrected chi connectivity index (χ3v) is 3.09. The molecule has 0 saturated carbocycles. The summed E-state index contributed by atoms with van der Waals surface area (Å²) in [6.45, 7) is 9.43. The Bertz CT molecular complexity index is 346. The molecule has 3 heteroatoms. The van der Waals surface area contributed by atoms with Crippen molar-refractivity contribution in [3.63, 3.8) is 0 Å². The largest absolute Gasteiger partial charge is 0.488 e. The summed E-state index contributed by atoms with van der Waals surface area (Å²) in [6, 6.07) is 8.17. The predicted molar refractivity (Wildman–Crippen MR) is 76.1 cm³/mol. The van der Waals surface area contributed by atoms with Gasteiger partial charge in [0.05, 0.1) is 0 Å². The van der Waals surface area contributed by atoms with E-state index in [0.717, 1.165) is 12.3 Å². The lowest BCUT2D eigenvalue weighted by atomic mass is 10.1. The molecule has 96 valence electrons. The van der Waals surface area contributed by atoms with E-state index in [1.807, 2.05) is 18.2 Å². The Labute approximate surface area is 109 Å². The first kappa shape index (κ1) is 14.4. The summed E-state index contributed by atoms with van der Waals surface area (Å²) in [4.78, 5) is 1.19. The Hall–Kier alpha value is -0.670. The van der Waals surface area contributed by atoms with Crippen molar-refractivity contribution in [1.82, 2.24) is 5.32 Å². The van der Waals surface area contributed by atoms with Crippen LogP contribution in [0.15, 0.2) is 29.2 Å². The average Bonchev–Trinajstić information content (AvgIpc) is 2.26. The Balaban J connectivity index is 2.53. The van der Waals surface area contributed by atoms with Gasteiger partial charge >= 0.3 is 0 Å². The minimum atomic E-state index is 0.136. The minimum absolute atomic E-state index is 0.136. The van der Waals surface area contributed by atoms with Crippen LogP contribution < -0.4 is 10.1 Å². The lowest BCUT2D eigenvalue weighted by Gasteiger charge is -2.24. The van der Waals surface area contributed by atoms with Crippen LogP contribution in [0.2, 0.25) is 0 Å². The lowest BCUT2D eigenvalue weighted by molar-refractivity contribution is 0.199. The second-order valence-electron chi connectivity index (χ2n) is 5.21. The molecular formula is C14H23NOS. The zero-order chi connectivity index (χ0) is 12.9. The molecule has 2 nitrogen and oxygen atoms in total. The van der Waals surface area contributed by atoms with Crippen LogP contribution in [0, 0.1) is 0 Å². The summed E-state index contributed by atoms with van der Waals surface area (Å²) in [5.74, 6) is 0.975. The van der Waals surface area contributed by atoms with E-state index in [9.17, 15) is 0 Å². The van der Waals surface area contributed by atoms with Gasteiger partial charge in [-0.05, 0) is 46.1 Å². The molecule has 1 unspecified atom stereocenters. The quantitative estimate of drug-likeness (QED) is 0.811. The summed E-state index contributed by atoms with van der Waals surface area (Å²) < 4.78 is 5.95. The molecule has 0 bridgehead atoms. The van der Waals surface area contributed by atoms with Crippen molar-refractivity contribution in [2.75, 3.05) is 12.8 Å². The highest BCUT2D eigenvalue weighted by molar-refractivity contribution is 7.98. The van der Waals surface area contributed by atoms with Gasteiger partial charge in [0.15, 0.2) is 0 Å². The molecule has 1 aromatic rings. The fraction of sp³-hybridized carbons (Fsp3) is 0.571. The molecular weight excluding hydrogens is 230 g/mol. The molecule has 1 rings (SSSR count). The predicted octanol–water partition coefficient (Wildman–Crippen LogP) is 3.56. The summed E-state index contributed by atoms with van der Waals surface area (Å²) >= 11 is 1.72. The number of ether oxygens (including phenoxy) is 1. The zero-order valence-electron chi connectivity index (χ0n) is 11.4. The molecule has 0 aromatic heterocycles. The maximum absolute atomic E-state index is 5.95. The van der Waals surface area contributed by atoms with Gasteiger partial charge in [-0.1, -0.05) is 12.1 Å². The van der Waals surface area contributed by atoms with E-state index in [1.165, 1.54) is 4.90 Å². The third-order valence-electron chi connectivity index (χ3n) is 2.32. The highest BCUT2D eigenvalue weighted by Crippen LogP contribution is 2.27. The Morgan fingerprint density at radius 2 is 1.94 bits per heavy atom. The first-order chi connectivity index (χ1) is 7.92. The number of rotatable bonds is 5. The van der Waals surface area contributed by atoms with Crippen molar-refractivity contribution >= 4 is 11.8 Å². The van der Waals surface area contributed by atoms with Gasteiger partial charge in [-0.3, -0.25) is 0 Å². The number of nitrogens with one attached hydrogen (secondary N) is 1. The van der Waals surface area contributed by atoms with E-state index < -0.39 is 0 Å². The van der Waals surface area contributed by atoms with E-state index in [2.05, 4.69) is 45.3 Å². The van der Waals surface area contributed by atoms with Gasteiger partial charge in [-0.2, -0.15) is 0 Å². The summed E-state index contributed by atoms with van der Waals surface area (Å²) in [5, 5.41) is 3.45. The van der Waals surface area contributed by atoms with E-state index in [4.69, 9.17) is 4.74 Å². The van der Waals surface area contributed by atoms with Gasteiger partial charge < -0.3 is 10.1 Å². The summed E-state index contributed by atoms with van der Waals surface area (Å²) in [5.41, 5.74) is 0.136. The number of para-hydroxylation sites is 1. The third kappa shape index (κ3) is 5.46. The van der Waals surface area contributed by atoms with Crippen molar-refractivity contribution in [2.24, 2.45) is 0 Å². The first-order valence-corrected chi connectivity index (χ1v) is 7.19. The van der Waals surface area contributed by atoms with Crippen molar-refractivity contribution < 1.29 is 4.74 Å². The van der Waals surface area contributed by atoms with Crippen LogP contribution in [-0.4, -0.2) is 24.4 Å². The van der Waals surface area contributed by atoms with Crippen LogP contribution in [0.5, 0.6) is 5.75 Å². The van der Waals surface area contributed by atoms with Crippen LogP contribution in [-0.2, 0) is 0 Å². The van der Waals surface area contributed by atoms with Gasteiger partial charge in [0.25, 0.3) is 0 Å². The second-order valence-corrected chi connectivity index (χ2v) is 6.06. The van der Waals surface area contributed by atoms with Crippen molar-refractivity contribution in [3.05, 3.63) is 24.3 Å². The van der Waals surface area contributed by atoms with Crippen LogP contribution in [0.25, 0.3) is 0 Å². The van der Waals surface area contributed by atoms with Crippen molar-refractivity contribution in [2.45, 2.75) is 44.2 Å². The zero-order valence-corrected chi connectivity index (χ0v) is 12.2. The standard InChI is InChI=1S/C14H23NOS/c1-11(10-15-14(2,3)4)16-12-8-6-7-9-13(12)17-5/h6-9,11,15H,10H2,1-5H3. The van der Waals surface area contributed by atoms with Crippen molar-refractivity contribution in [1.29, 1.82) is 0 Å². The molecule has 0 radical (unpaired) electrons. The molecule has 1 N–H and O–H groups in total. The Morgan fingerprint density at radius 1 is 1.29 bits per heavy atom.